The molecule has 0 aliphatic rings. The van der Waals surface area contributed by atoms with Gasteiger partial charge in [0.25, 0.3) is 5.69 Å². The highest BCUT2D eigenvalue weighted by atomic mass is 16.6. The number of ether oxygens (including phenoxy) is 1. The van der Waals surface area contributed by atoms with Gasteiger partial charge in [-0.2, -0.15) is 0 Å². The van der Waals surface area contributed by atoms with Gasteiger partial charge in [0.2, 0.25) is 0 Å². The Morgan fingerprint density at radius 3 is 2.48 bits per heavy atom. The number of hydrogen-bond donors (Lipinski definition) is 0. The van der Waals surface area contributed by atoms with Crippen molar-refractivity contribution in [2.75, 3.05) is 6.61 Å². The van der Waals surface area contributed by atoms with Gasteiger partial charge >= 0.3 is 5.97 Å². The van der Waals surface area contributed by atoms with Gasteiger partial charge in [-0.15, -0.1) is 0 Å². The molecule has 5 heteroatoms. The first-order chi connectivity index (χ1) is 11.9. The number of nitro benzene ring substituents is 1. The summed E-state index contributed by atoms with van der Waals surface area (Å²) in [5, 5.41) is 11.3. The number of carbonyl (C=O) groups is 1. The summed E-state index contributed by atoms with van der Waals surface area (Å²) in [6, 6.07) is 6.87. The van der Waals surface area contributed by atoms with Gasteiger partial charge in [0.1, 0.15) is 0 Å². The Labute approximate surface area is 150 Å². The highest BCUT2D eigenvalue weighted by Crippen LogP contribution is 2.35. The van der Waals surface area contributed by atoms with E-state index >= 15 is 0 Å². The lowest BCUT2D eigenvalue weighted by atomic mass is 9.81. The number of para-hydroxylation sites is 1. The van der Waals surface area contributed by atoms with E-state index in [-0.39, 0.29) is 34.3 Å². The van der Waals surface area contributed by atoms with Crippen LogP contribution in [0.2, 0.25) is 0 Å². The topological polar surface area (TPSA) is 69.4 Å². The number of esters is 1. The van der Waals surface area contributed by atoms with Crippen LogP contribution in [0.4, 0.5) is 5.69 Å². The van der Waals surface area contributed by atoms with Gasteiger partial charge in [-0.05, 0) is 31.6 Å². The largest absolute Gasteiger partial charge is 0.466 e. The van der Waals surface area contributed by atoms with E-state index in [9.17, 15) is 14.9 Å². The second kappa shape index (κ2) is 10.9. The van der Waals surface area contributed by atoms with E-state index < -0.39 is 0 Å². The lowest BCUT2D eigenvalue weighted by Crippen LogP contribution is -2.22. The molecule has 0 heterocycles. The number of benzene rings is 1. The normalized spacial score (nSPS) is 14.6. The van der Waals surface area contributed by atoms with Crippen LogP contribution in [-0.2, 0) is 9.53 Å². The Bertz CT molecular complexity index is 558. The van der Waals surface area contributed by atoms with Crippen molar-refractivity contribution in [1.82, 2.24) is 0 Å². The molecule has 1 rings (SSSR count). The molecule has 25 heavy (non-hydrogen) atoms. The van der Waals surface area contributed by atoms with Gasteiger partial charge in [0.05, 0.1) is 17.4 Å². The van der Waals surface area contributed by atoms with Crippen molar-refractivity contribution in [3.05, 3.63) is 39.9 Å². The Balaban J connectivity index is 2.85. The maximum Gasteiger partial charge on any atom is 0.308 e. The highest BCUT2D eigenvalue weighted by Gasteiger charge is 2.28. The zero-order valence-electron chi connectivity index (χ0n) is 15.9. The van der Waals surface area contributed by atoms with Gasteiger partial charge in [0, 0.05) is 11.6 Å². The van der Waals surface area contributed by atoms with Crippen LogP contribution in [-0.4, -0.2) is 17.5 Å². The van der Waals surface area contributed by atoms with Gasteiger partial charge in [-0.1, -0.05) is 58.2 Å². The average molecular weight is 349 g/mol. The van der Waals surface area contributed by atoms with Crippen LogP contribution in [0.1, 0.15) is 71.3 Å². The fourth-order valence-electron chi connectivity index (χ4n) is 3.23. The second-order valence-corrected chi connectivity index (χ2v) is 6.76. The van der Waals surface area contributed by atoms with Crippen LogP contribution >= 0.6 is 0 Å². The monoisotopic (exact) mass is 349 g/mol. The van der Waals surface area contributed by atoms with E-state index in [0.717, 1.165) is 31.2 Å². The standard InChI is InChI=1S/C20H31NO4/c1-5-7-8-11-17(20(22)25-6-2)14-15(3)16(4)18-12-9-10-13-19(18)21(23)24/h9-10,12-13,15-17H,5-8,11,14H2,1-4H3. The van der Waals surface area contributed by atoms with Gasteiger partial charge < -0.3 is 4.74 Å². The fourth-order valence-corrected chi connectivity index (χ4v) is 3.23. The van der Waals surface area contributed by atoms with Crippen LogP contribution in [0, 0.1) is 22.0 Å². The van der Waals surface area contributed by atoms with E-state index in [1.165, 1.54) is 0 Å². The third-order valence-corrected chi connectivity index (χ3v) is 4.91. The molecule has 0 aliphatic heterocycles. The van der Waals surface area contributed by atoms with Gasteiger partial charge in [-0.25, -0.2) is 0 Å². The molecule has 0 spiro atoms. The zero-order valence-corrected chi connectivity index (χ0v) is 15.9. The van der Waals surface area contributed by atoms with Crippen molar-refractivity contribution in [2.24, 2.45) is 11.8 Å². The maximum atomic E-state index is 12.3. The molecular weight excluding hydrogens is 318 g/mol. The summed E-state index contributed by atoms with van der Waals surface area (Å²) >= 11 is 0. The van der Waals surface area contributed by atoms with Gasteiger partial charge in [0.15, 0.2) is 0 Å². The molecule has 0 aliphatic carbocycles. The van der Waals surface area contributed by atoms with Crippen molar-refractivity contribution in [3.8, 4) is 0 Å². The molecule has 3 atom stereocenters. The summed E-state index contributed by atoms with van der Waals surface area (Å²) in [5.41, 5.74) is 0.886. The minimum Gasteiger partial charge on any atom is -0.466 e. The first kappa shape index (κ1) is 21.1. The lowest BCUT2D eigenvalue weighted by molar-refractivity contribution is -0.385. The molecule has 0 radical (unpaired) electrons. The zero-order chi connectivity index (χ0) is 18.8. The van der Waals surface area contributed by atoms with E-state index in [0.29, 0.717) is 13.0 Å². The molecule has 1 aromatic rings. The van der Waals surface area contributed by atoms with Crippen LogP contribution in [0.15, 0.2) is 24.3 Å². The third-order valence-electron chi connectivity index (χ3n) is 4.91. The van der Waals surface area contributed by atoms with E-state index in [1.807, 2.05) is 26.0 Å². The van der Waals surface area contributed by atoms with Crippen molar-refractivity contribution in [1.29, 1.82) is 0 Å². The smallest absolute Gasteiger partial charge is 0.308 e. The maximum absolute atomic E-state index is 12.3. The van der Waals surface area contributed by atoms with E-state index in [1.54, 1.807) is 12.1 Å². The Morgan fingerprint density at radius 2 is 1.88 bits per heavy atom. The summed E-state index contributed by atoms with van der Waals surface area (Å²) in [4.78, 5) is 23.2. The number of unbranched alkanes of at least 4 members (excludes halogenated alkanes) is 2. The van der Waals surface area contributed by atoms with Gasteiger partial charge in [-0.3, -0.25) is 14.9 Å². The highest BCUT2D eigenvalue weighted by molar-refractivity contribution is 5.72. The predicted molar refractivity (Wildman–Crippen MR) is 99.6 cm³/mol. The number of carbonyl (C=O) groups excluding carboxylic acids is 1. The molecule has 0 fully saturated rings. The Morgan fingerprint density at radius 1 is 1.20 bits per heavy atom. The third kappa shape index (κ3) is 6.48. The molecule has 0 saturated heterocycles. The second-order valence-electron chi connectivity index (χ2n) is 6.76. The number of nitro groups is 1. The summed E-state index contributed by atoms with van der Waals surface area (Å²) in [6.45, 7) is 8.41. The van der Waals surface area contributed by atoms with E-state index in [2.05, 4.69) is 13.8 Å². The van der Waals surface area contributed by atoms with Crippen molar-refractivity contribution in [2.45, 2.75) is 65.7 Å². The van der Waals surface area contributed by atoms with Crippen molar-refractivity contribution < 1.29 is 14.5 Å². The predicted octanol–water partition coefficient (Wildman–Crippen LogP) is 5.48. The number of rotatable bonds is 11. The summed E-state index contributed by atoms with van der Waals surface area (Å²) in [7, 11) is 0. The first-order valence-electron chi connectivity index (χ1n) is 9.32. The SMILES string of the molecule is CCCCCC(CC(C)C(C)c1ccccc1[N+](=O)[O-])C(=O)OCC. The summed E-state index contributed by atoms with van der Waals surface area (Å²) in [5.74, 6) is -0.117. The summed E-state index contributed by atoms with van der Waals surface area (Å²) < 4.78 is 5.24. The van der Waals surface area contributed by atoms with Crippen LogP contribution in [0.25, 0.3) is 0 Å². The minimum atomic E-state index is -0.331. The van der Waals surface area contributed by atoms with Crippen molar-refractivity contribution >= 4 is 11.7 Å². The Hall–Kier alpha value is -1.91. The quantitative estimate of drug-likeness (QED) is 0.229. The van der Waals surface area contributed by atoms with Crippen LogP contribution in [0.3, 0.4) is 0 Å². The molecule has 0 aromatic heterocycles. The average Bonchev–Trinajstić information content (AvgIpc) is 2.60. The fraction of sp³-hybridized carbons (Fsp3) is 0.650. The molecule has 1 aromatic carbocycles. The molecule has 0 bridgehead atoms. The molecule has 140 valence electrons. The van der Waals surface area contributed by atoms with E-state index in [4.69, 9.17) is 4.74 Å². The lowest BCUT2D eigenvalue weighted by Gasteiger charge is -2.24. The molecule has 5 nitrogen and oxygen atoms in total. The summed E-state index contributed by atoms with van der Waals surface area (Å²) in [6.07, 6.45) is 4.73. The molecule has 0 amide bonds. The Kier molecular flexibility index (Phi) is 9.17. The molecular formula is C20H31NO4. The van der Waals surface area contributed by atoms with Crippen molar-refractivity contribution in [3.63, 3.8) is 0 Å². The molecule has 0 N–H and O–H groups in total. The number of nitrogens with zero attached hydrogens (tertiary/aromatic N) is 1. The molecule has 3 unspecified atom stereocenters. The minimum absolute atomic E-state index is 0.00435. The number of hydrogen-bond acceptors (Lipinski definition) is 4. The van der Waals surface area contributed by atoms with Crippen LogP contribution in [0.5, 0.6) is 0 Å². The van der Waals surface area contributed by atoms with Crippen LogP contribution < -0.4 is 0 Å². The molecule has 0 saturated carbocycles. The first-order valence-corrected chi connectivity index (χ1v) is 9.32.